The van der Waals surface area contributed by atoms with E-state index >= 15 is 0 Å². The predicted molar refractivity (Wildman–Crippen MR) is 69.7 cm³/mol. The molecule has 1 rings (SSSR count). The number of likely N-dealkylation sites (N-methyl/N-ethyl adjacent to an activating group) is 1. The largest absolute Gasteiger partial charge is 0.329 e. The molecule has 0 aliphatic heterocycles. The van der Waals surface area contributed by atoms with Crippen molar-refractivity contribution in [1.29, 1.82) is 0 Å². The molecule has 0 amide bonds. The van der Waals surface area contributed by atoms with Gasteiger partial charge in [-0.1, -0.05) is 6.92 Å². The Morgan fingerprint density at radius 2 is 2.25 bits per heavy atom. The number of halogens is 1. The summed E-state index contributed by atoms with van der Waals surface area (Å²) in [4.78, 5) is 2.24. The number of hydrogen-bond donors (Lipinski definition) is 1. The molecular weight excluding hydrogens is 224 g/mol. The Labute approximate surface area is 104 Å². The van der Waals surface area contributed by atoms with Gasteiger partial charge in [0.15, 0.2) is 0 Å². The van der Waals surface area contributed by atoms with Gasteiger partial charge in [-0.25, -0.2) is 0 Å². The van der Waals surface area contributed by atoms with Gasteiger partial charge >= 0.3 is 0 Å². The first-order valence-electron chi connectivity index (χ1n) is 5.59. The molecule has 1 unspecified atom stereocenters. The molecule has 0 fully saturated rings. The summed E-state index contributed by atoms with van der Waals surface area (Å²) in [6.45, 7) is 6.90. The van der Waals surface area contributed by atoms with Crippen LogP contribution in [0.5, 0.6) is 0 Å². The third-order valence-corrected chi connectivity index (χ3v) is 2.66. The van der Waals surface area contributed by atoms with E-state index in [1.807, 2.05) is 10.9 Å². The Bertz CT molecular complexity index is 287. The van der Waals surface area contributed by atoms with Crippen molar-refractivity contribution in [3.05, 3.63) is 18.0 Å². The Kier molecular flexibility index (Phi) is 7.38. The standard InChI is InChI=1S/C11H22N4.ClH/c1-4-5-15-9-11(7-13-15)8-14(3)10(2)6-12;/h7,9-10H,4-6,8,12H2,1-3H3;1H. The Morgan fingerprint density at radius 3 is 2.81 bits per heavy atom. The van der Waals surface area contributed by atoms with Crippen LogP contribution in [0.2, 0.25) is 0 Å². The monoisotopic (exact) mass is 246 g/mol. The van der Waals surface area contributed by atoms with Crippen LogP contribution >= 0.6 is 12.4 Å². The molecule has 16 heavy (non-hydrogen) atoms. The van der Waals surface area contributed by atoms with Crippen molar-refractivity contribution in [3.63, 3.8) is 0 Å². The highest BCUT2D eigenvalue weighted by molar-refractivity contribution is 5.85. The van der Waals surface area contributed by atoms with Crippen molar-refractivity contribution < 1.29 is 0 Å². The maximum atomic E-state index is 5.62. The first-order chi connectivity index (χ1) is 7.17. The Balaban J connectivity index is 0.00000225. The minimum Gasteiger partial charge on any atom is -0.329 e. The molecule has 0 saturated heterocycles. The maximum Gasteiger partial charge on any atom is 0.0534 e. The topological polar surface area (TPSA) is 47.1 Å². The second-order valence-electron chi connectivity index (χ2n) is 4.11. The van der Waals surface area contributed by atoms with Gasteiger partial charge < -0.3 is 5.73 Å². The summed E-state index contributed by atoms with van der Waals surface area (Å²) >= 11 is 0. The van der Waals surface area contributed by atoms with Gasteiger partial charge in [0.1, 0.15) is 0 Å². The molecule has 0 aromatic carbocycles. The van der Waals surface area contributed by atoms with E-state index in [2.05, 4.69) is 37.1 Å². The molecule has 4 nitrogen and oxygen atoms in total. The molecule has 1 heterocycles. The summed E-state index contributed by atoms with van der Waals surface area (Å²) < 4.78 is 2.00. The summed E-state index contributed by atoms with van der Waals surface area (Å²) in [5, 5.41) is 4.30. The van der Waals surface area contributed by atoms with Crippen LogP contribution in [0.15, 0.2) is 12.4 Å². The summed E-state index contributed by atoms with van der Waals surface area (Å²) in [6, 6.07) is 0.416. The van der Waals surface area contributed by atoms with E-state index in [9.17, 15) is 0 Å². The number of nitrogens with two attached hydrogens (primary N) is 1. The summed E-state index contributed by atoms with van der Waals surface area (Å²) in [6.07, 6.45) is 5.18. The van der Waals surface area contributed by atoms with Crippen LogP contribution in [0.25, 0.3) is 0 Å². The van der Waals surface area contributed by atoms with Crippen molar-refractivity contribution in [1.82, 2.24) is 14.7 Å². The van der Waals surface area contributed by atoms with Crippen molar-refractivity contribution >= 4 is 12.4 Å². The van der Waals surface area contributed by atoms with Gasteiger partial charge in [-0.15, -0.1) is 12.4 Å². The van der Waals surface area contributed by atoms with Crippen LogP contribution in [0.1, 0.15) is 25.8 Å². The van der Waals surface area contributed by atoms with Crippen molar-refractivity contribution in [2.24, 2.45) is 5.73 Å². The van der Waals surface area contributed by atoms with Crippen LogP contribution in [-0.2, 0) is 13.1 Å². The fourth-order valence-electron chi connectivity index (χ4n) is 1.46. The fraction of sp³-hybridized carbons (Fsp3) is 0.727. The number of aryl methyl sites for hydroxylation is 1. The summed E-state index contributed by atoms with van der Waals surface area (Å²) in [5.41, 5.74) is 6.87. The van der Waals surface area contributed by atoms with Crippen molar-refractivity contribution in [3.8, 4) is 0 Å². The first kappa shape index (κ1) is 15.4. The van der Waals surface area contributed by atoms with Crippen LogP contribution in [0.3, 0.4) is 0 Å². The first-order valence-corrected chi connectivity index (χ1v) is 5.59. The molecule has 0 saturated carbocycles. The zero-order valence-corrected chi connectivity index (χ0v) is 11.2. The molecule has 2 N–H and O–H groups in total. The lowest BCUT2D eigenvalue weighted by Crippen LogP contribution is -2.34. The average Bonchev–Trinajstić information content (AvgIpc) is 2.65. The lowest BCUT2D eigenvalue weighted by molar-refractivity contribution is 0.254. The predicted octanol–water partition coefficient (Wildman–Crippen LogP) is 1.49. The molecule has 0 radical (unpaired) electrons. The molecular formula is C11H23ClN4. The van der Waals surface area contributed by atoms with Gasteiger partial charge in [-0.3, -0.25) is 9.58 Å². The normalized spacial score (nSPS) is 12.6. The highest BCUT2D eigenvalue weighted by Gasteiger charge is 2.08. The second kappa shape index (κ2) is 7.65. The molecule has 1 atom stereocenters. The molecule has 94 valence electrons. The highest BCUT2D eigenvalue weighted by atomic mass is 35.5. The molecule has 1 aromatic rings. The van der Waals surface area contributed by atoms with Gasteiger partial charge in [-0.05, 0) is 20.4 Å². The summed E-state index contributed by atoms with van der Waals surface area (Å²) in [7, 11) is 2.09. The quantitative estimate of drug-likeness (QED) is 0.828. The maximum absolute atomic E-state index is 5.62. The van der Waals surface area contributed by atoms with Crippen molar-refractivity contribution in [2.45, 2.75) is 39.4 Å². The zero-order valence-electron chi connectivity index (χ0n) is 10.4. The smallest absolute Gasteiger partial charge is 0.0534 e. The Hall–Kier alpha value is -0.580. The van der Waals surface area contributed by atoms with E-state index < -0.39 is 0 Å². The second-order valence-corrected chi connectivity index (χ2v) is 4.11. The van der Waals surface area contributed by atoms with Gasteiger partial charge in [0.25, 0.3) is 0 Å². The number of aromatic nitrogens is 2. The van der Waals surface area contributed by atoms with Crippen LogP contribution in [0.4, 0.5) is 0 Å². The van der Waals surface area contributed by atoms with E-state index in [1.54, 1.807) is 0 Å². The third-order valence-electron chi connectivity index (χ3n) is 2.66. The molecule has 5 heteroatoms. The van der Waals surface area contributed by atoms with Gasteiger partial charge in [0, 0.05) is 37.4 Å². The van der Waals surface area contributed by atoms with E-state index in [1.165, 1.54) is 5.56 Å². The molecule has 0 aliphatic rings. The van der Waals surface area contributed by atoms with Crippen LogP contribution < -0.4 is 5.73 Å². The molecule has 0 aliphatic carbocycles. The SMILES string of the molecule is CCCn1cc(CN(C)C(C)CN)cn1.Cl. The lowest BCUT2D eigenvalue weighted by Gasteiger charge is -2.22. The van der Waals surface area contributed by atoms with Crippen molar-refractivity contribution in [2.75, 3.05) is 13.6 Å². The van der Waals surface area contributed by atoms with E-state index in [-0.39, 0.29) is 12.4 Å². The number of nitrogens with zero attached hydrogens (tertiary/aromatic N) is 3. The lowest BCUT2D eigenvalue weighted by atomic mass is 10.2. The molecule has 0 spiro atoms. The Morgan fingerprint density at radius 1 is 1.56 bits per heavy atom. The molecule has 0 bridgehead atoms. The van der Waals surface area contributed by atoms with Crippen LogP contribution in [-0.4, -0.2) is 34.3 Å². The van der Waals surface area contributed by atoms with E-state index in [0.717, 1.165) is 19.5 Å². The number of hydrogen-bond acceptors (Lipinski definition) is 3. The van der Waals surface area contributed by atoms with E-state index in [4.69, 9.17) is 5.73 Å². The van der Waals surface area contributed by atoms with Gasteiger partial charge in [0.05, 0.1) is 6.20 Å². The average molecular weight is 247 g/mol. The highest BCUT2D eigenvalue weighted by Crippen LogP contribution is 2.05. The zero-order chi connectivity index (χ0) is 11.3. The van der Waals surface area contributed by atoms with E-state index in [0.29, 0.717) is 12.6 Å². The third kappa shape index (κ3) is 4.51. The minimum absolute atomic E-state index is 0. The van der Waals surface area contributed by atoms with Gasteiger partial charge in [0.2, 0.25) is 0 Å². The molecule has 1 aromatic heterocycles. The van der Waals surface area contributed by atoms with Crippen LogP contribution in [0, 0.1) is 0 Å². The number of rotatable bonds is 6. The fourth-order valence-corrected chi connectivity index (χ4v) is 1.46. The minimum atomic E-state index is 0. The van der Waals surface area contributed by atoms with Gasteiger partial charge in [-0.2, -0.15) is 5.10 Å². The summed E-state index contributed by atoms with van der Waals surface area (Å²) in [5.74, 6) is 0.